The summed E-state index contributed by atoms with van der Waals surface area (Å²) in [6, 6.07) is 0. The Morgan fingerprint density at radius 1 is 0.762 bits per heavy atom. The molecule has 4 heteroatoms. The van der Waals surface area contributed by atoms with E-state index in [1.165, 1.54) is 57.8 Å². The van der Waals surface area contributed by atoms with Crippen molar-refractivity contribution in [3.05, 3.63) is 11.6 Å². The van der Waals surface area contributed by atoms with Crippen molar-refractivity contribution < 1.29 is 0 Å². The molecule has 4 nitrogen and oxygen atoms in total. The summed E-state index contributed by atoms with van der Waals surface area (Å²) in [7, 11) is 0. The van der Waals surface area contributed by atoms with Gasteiger partial charge in [0.2, 0.25) is 0 Å². The van der Waals surface area contributed by atoms with Gasteiger partial charge in [-0.3, -0.25) is 0 Å². The second-order valence-corrected chi connectivity index (χ2v) is 5.97. The van der Waals surface area contributed by atoms with Crippen molar-refractivity contribution >= 4 is 0 Å². The number of aromatic nitrogens is 3. The van der Waals surface area contributed by atoms with Gasteiger partial charge in [0, 0.05) is 13.0 Å². The summed E-state index contributed by atoms with van der Waals surface area (Å²) in [5.41, 5.74) is 5.72. The molecule has 0 aliphatic rings. The van der Waals surface area contributed by atoms with Crippen molar-refractivity contribution in [1.29, 1.82) is 0 Å². The van der Waals surface area contributed by atoms with Crippen molar-refractivity contribution in [3.63, 3.8) is 0 Å². The van der Waals surface area contributed by atoms with E-state index in [-0.39, 0.29) is 0 Å². The number of unbranched alkanes of at least 4 members (excludes halogenated alkanes) is 8. The zero-order valence-electron chi connectivity index (χ0n) is 14.1. The maximum atomic E-state index is 5.72. The third kappa shape index (κ3) is 7.07. The third-order valence-electron chi connectivity index (χ3n) is 4.04. The number of nitrogens with zero attached hydrogens (tertiary/aromatic N) is 3. The molecule has 0 radical (unpaired) electrons. The third-order valence-corrected chi connectivity index (χ3v) is 4.04. The largest absolute Gasteiger partial charge is 0.324 e. The van der Waals surface area contributed by atoms with Crippen LogP contribution in [0.3, 0.4) is 0 Å². The number of aryl methyl sites for hydroxylation is 1. The summed E-state index contributed by atoms with van der Waals surface area (Å²) in [4.78, 5) is 0. The minimum absolute atomic E-state index is 0.491. The molecule has 0 bridgehead atoms. The Morgan fingerprint density at radius 2 is 1.33 bits per heavy atom. The lowest BCUT2D eigenvalue weighted by atomic mass is 10.1. The Balaban J connectivity index is 2.13. The number of hydrogen-bond acceptors (Lipinski definition) is 3. The van der Waals surface area contributed by atoms with E-state index in [0.29, 0.717) is 6.54 Å². The van der Waals surface area contributed by atoms with Crippen LogP contribution < -0.4 is 5.73 Å². The zero-order valence-corrected chi connectivity index (χ0v) is 14.1. The normalized spacial score (nSPS) is 11.2. The van der Waals surface area contributed by atoms with Crippen molar-refractivity contribution in [2.24, 2.45) is 5.73 Å². The van der Waals surface area contributed by atoms with Crippen LogP contribution in [0.4, 0.5) is 0 Å². The molecule has 0 fully saturated rings. The second kappa shape index (κ2) is 11.7. The van der Waals surface area contributed by atoms with Crippen LogP contribution in [0.2, 0.25) is 0 Å². The second-order valence-electron chi connectivity index (χ2n) is 5.97. The smallest absolute Gasteiger partial charge is 0.146 e. The van der Waals surface area contributed by atoms with Crippen molar-refractivity contribution in [1.82, 2.24) is 14.8 Å². The van der Waals surface area contributed by atoms with Gasteiger partial charge in [0.05, 0.1) is 6.54 Å². The van der Waals surface area contributed by atoms with Gasteiger partial charge in [-0.05, 0) is 12.8 Å². The number of hydrogen-bond donors (Lipinski definition) is 1. The van der Waals surface area contributed by atoms with Gasteiger partial charge in [-0.1, -0.05) is 65.2 Å². The maximum Gasteiger partial charge on any atom is 0.146 e. The van der Waals surface area contributed by atoms with Gasteiger partial charge in [0.25, 0.3) is 0 Å². The van der Waals surface area contributed by atoms with Gasteiger partial charge in [-0.25, -0.2) is 0 Å². The Kier molecular flexibility index (Phi) is 10.1. The topological polar surface area (TPSA) is 56.7 Å². The molecule has 0 saturated heterocycles. The molecule has 0 unspecified atom stereocenters. The van der Waals surface area contributed by atoms with E-state index < -0.39 is 0 Å². The monoisotopic (exact) mass is 294 g/mol. The predicted octanol–water partition coefficient (Wildman–Crippen LogP) is 4.22. The highest BCUT2D eigenvalue weighted by Gasteiger charge is 2.09. The Hall–Kier alpha value is -0.900. The van der Waals surface area contributed by atoms with Crippen LogP contribution in [0.15, 0.2) is 0 Å². The fourth-order valence-electron chi connectivity index (χ4n) is 2.78. The van der Waals surface area contributed by atoms with Crippen LogP contribution in [0.5, 0.6) is 0 Å². The highest BCUT2D eigenvalue weighted by atomic mass is 15.3. The van der Waals surface area contributed by atoms with Gasteiger partial charge < -0.3 is 10.3 Å². The molecule has 1 aromatic rings. The molecule has 1 heterocycles. The van der Waals surface area contributed by atoms with Gasteiger partial charge in [0.1, 0.15) is 11.6 Å². The predicted molar refractivity (Wildman–Crippen MR) is 89.1 cm³/mol. The molecule has 2 N–H and O–H groups in total. The molecule has 0 spiro atoms. The number of rotatable bonds is 13. The lowest BCUT2D eigenvalue weighted by Crippen LogP contribution is -2.11. The van der Waals surface area contributed by atoms with Gasteiger partial charge in [-0.2, -0.15) is 0 Å². The van der Waals surface area contributed by atoms with E-state index in [4.69, 9.17) is 5.73 Å². The SMILES string of the molecule is CCCCCCCCCCCc1nnc(CN)n1CCC. The molecule has 122 valence electrons. The van der Waals surface area contributed by atoms with Gasteiger partial charge >= 0.3 is 0 Å². The Bertz CT molecular complexity index is 360. The van der Waals surface area contributed by atoms with Crippen LogP contribution in [0.1, 0.15) is 89.7 Å². The first-order chi connectivity index (χ1) is 10.3. The first-order valence-electron chi connectivity index (χ1n) is 8.94. The molecule has 0 aliphatic heterocycles. The van der Waals surface area contributed by atoms with Crippen molar-refractivity contribution in [3.8, 4) is 0 Å². The molecule has 21 heavy (non-hydrogen) atoms. The standard InChI is InChI=1S/C17H34N4/c1-3-5-6-7-8-9-10-11-12-13-16-19-20-17(15-18)21(16)14-4-2/h3-15,18H2,1-2H3. The first kappa shape index (κ1) is 18.1. The van der Waals surface area contributed by atoms with Crippen molar-refractivity contribution in [2.45, 2.75) is 97.6 Å². The summed E-state index contributed by atoms with van der Waals surface area (Å²) in [6.07, 6.45) is 14.4. The highest BCUT2D eigenvalue weighted by molar-refractivity contribution is 4.95. The van der Waals surface area contributed by atoms with E-state index >= 15 is 0 Å². The fourth-order valence-corrected chi connectivity index (χ4v) is 2.78. The molecule has 0 aliphatic carbocycles. The minimum atomic E-state index is 0.491. The molecular weight excluding hydrogens is 260 g/mol. The summed E-state index contributed by atoms with van der Waals surface area (Å²) in [5.74, 6) is 2.06. The summed E-state index contributed by atoms with van der Waals surface area (Å²) < 4.78 is 2.21. The molecular formula is C17H34N4. The van der Waals surface area contributed by atoms with E-state index in [0.717, 1.165) is 31.0 Å². The van der Waals surface area contributed by atoms with Gasteiger partial charge in [0.15, 0.2) is 0 Å². The maximum absolute atomic E-state index is 5.72. The van der Waals surface area contributed by atoms with Crippen LogP contribution in [0, 0.1) is 0 Å². The van der Waals surface area contributed by atoms with E-state index in [2.05, 4.69) is 28.6 Å². The molecule has 0 amide bonds. The Labute approximate surface area is 130 Å². The molecule has 0 aromatic carbocycles. The first-order valence-corrected chi connectivity index (χ1v) is 8.94. The quantitative estimate of drug-likeness (QED) is 0.554. The highest BCUT2D eigenvalue weighted by Crippen LogP contribution is 2.12. The summed E-state index contributed by atoms with van der Waals surface area (Å²) in [5, 5.41) is 8.50. The average Bonchev–Trinajstić information content (AvgIpc) is 2.88. The summed E-state index contributed by atoms with van der Waals surface area (Å²) >= 11 is 0. The minimum Gasteiger partial charge on any atom is -0.324 e. The lowest BCUT2D eigenvalue weighted by Gasteiger charge is -2.08. The molecule has 0 atom stereocenters. The number of nitrogens with two attached hydrogens (primary N) is 1. The average molecular weight is 294 g/mol. The molecule has 1 rings (SSSR count). The molecule has 1 aromatic heterocycles. The van der Waals surface area contributed by atoms with Crippen LogP contribution >= 0.6 is 0 Å². The van der Waals surface area contributed by atoms with Crippen LogP contribution in [-0.4, -0.2) is 14.8 Å². The fraction of sp³-hybridized carbons (Fsp3) is 0.882. The lowest BCUT2D eigenvalue weighted by molar-refractivity contribution is 0.550. The molecule has 0 saturated carbocycles. The van der Waals surface area contributed by atoms with Crippen LogP contribution in [0.25, 0.3) is 0 Å². The van der Waals surface area contributed by atoms with E-state index in [1.54, 1.807) is 0 Å². The van der Waals surface area contributed by atoms with E-state index in [9.17, 15) is 0 Å². The van der Waals surface area contributed by atoms with Crippen molar-refractivity contribution in [2.75, 3.05) is 0 Å². The van der Waals surface area contributed by atoms with Crippen LogP contribution in [-0.2, 0) is 19.5 Å². The van der Waals surface area contributed by atoms with Gasteiger partial charge in [-0.15, -0.1) is 10.2 Å². The summed E-state index contributed by atoms with van der Waals surface area (Å²) in [6.45, 7) is 5.94. The Morgan fingerprint density at radius 3 is 1.90 bits per heavy atom. The zero-order chi connectivity index (χ0) is 15.3. The van der Waals surface area contributed by atoms with E-state index in [1.807, 2.05) is 0 Å².